The minimum absolute atomic E-state index is 0.0398. The van der Waals surface area contributed by atoms with Gasteiger partial charge in [0.05, 0.1) is 6.04 Å². The van der Waals surface area contributed by atoms with Crippen LogP contribution in [0.4, 0.5) is 8.78 Å². The highest BCUT2D eigenvalue weighted by molar-refractivity contribution is 6.01. The SMILES string of the molecule is CNC(=O)C(F)(F)C(O)C(CC(C)C)NC(C(=O)NC(=O)C(NC(=O)CC(C)C)C(C)C)C(C)C. The molecule has 0 bridgehead atoms. The molecular formula is C24H44F2N4O5. The Morgan fingerprint density at radius 1 is 0.829 bits per heavy atom. The Labute approximate surface area is 207 Å². The van der Waals surface area contributed by atoms with E-state index in [4.69, 9.17) is 0 Å². The van der Waals surface area contributed by atoms with Crippen molar-refractivity contribution < 1.29 is 33.1 Å². The summed E-state index contributed by atoms with van der Waals surface area (Å²) >= 11 is 0. The second-order valence-electron chi connectivity index (χ2n) is 10.5. The number of aliphatic hydroxyl groups is 1. The lowest BCUT2D eigenvalue weighted by molar-refractivity contribution is -0.167. The van der Waals surface area contributed by atoms with Crippen molar-refractivity contribution in [2.45, 2.75) is 98.4 Å². The third-order valence-electron chi connectivity index (χ3n) is 5.46. The molecule has 0 aromatic heterocycles. The van der Waals surface area contributed by atoms with Gasteiger partial charge < -0.3 is 15.7 Å². The summed E-state index contributed by atoms with van der Waals surface area (Å²) in [7, 11) is 1.04. The van der Waals surface area contributed by atoms with Crippen LogP contribution in [0.1, 0.15) is 68.2 Å². The molecule has 0 rings (SSSR count). The molecule has 0 saturated carbocycles. The molecular weight excluding hydrogens is 462 g/mol. The van der Waals surface area contributed by atoms with Gasteiger partial charge >= 0.3 is 5.92 Å². The van der Waals surface area contributed by atoms with E-state index in [1.807, 2.05) is 19.2 Å². The second-order valence-corrected chi connectivity index (χ2v) is 10.5. The molecule has 11 heteroatoms. The molecule has 0 heterocycles. The quantitative estimate of drug-likeness (QED) is 0.243. The summed E-state index contributed by atoms with van der Waals surface area (Å²) in [5, 5.41) is 19.9. The second kappa shape index (κ2) is 14.4. The number of imide groups is 1. The maximum atomic E-state index is 14.5. The van der Waals surface area contributed by atoms with Crippen LogP contribution < -0.4 is 21.3 Å². The normalized spacial score (nSPS) is 15.7. The van der Waals surface area contributed by atoms with Crippen molar-refractivity contribution in [1.29, 1.82) is 0 Å². The molecule has 0 aliphatic carbocycles. The zero-order valence-corrected chi connectivity index (χ0v) is 22.4. The number of hydrogen-bond acceptors (Lipinski definition) is 6. The standard InChI is InChI=1S/C24H44F2N4O5/c1-12(2)10-16(20(32)24(25,26)23(35)27-9)28-18(14(5)6)21(33)30-22(34)19(15(7)8)29-17(31)11-13(3)4/h12-16,18-20,28,32H,10-11H2,1-9H3,(H,27,35)(H,29,31)(H,30,33,34). The van der Waals surface area contributed by atoms with Gasteiger partial charge in [-0.2, -0.15) is 8.78 Å². The Bertz CT molecular complexity index is 729. The predicted molar refractivity (Wildman–Crippen MR) is 129 cm³/mol. The van der Waals surface area contributed by atoms with Crippen LogP contribution in [0.3, 0.4) is 0 Å². The third-order valence-corrected chi connectivity index (χ3v) is 5.46. The number of carbonyl (C=O) groups is 4. The summed E-state index contributed by atoms with van der Waals surface area (Å²) in [5.41, 5.74) is 0. The number of alkyl halides is 2. The smallest absolute Gasteiger partial charge is 0.351 e. The highest BCUT2D eigenvalue weighted by Crippen LogP contribution is 2.25. The highest BCUT2D eigenvalue weighted by Gasteiger charge is 2.50. The number of amides is 4. The lowest BCUT2D eigenvalue weighted by Gasteiger charge is -2.34. The van der Waals surface area contributed by atoms with E-state index in [0.717, 1.165) is 7.05 Å². The van der Waals surface area contributed by atoms with Crippen molar-refractivity contribution in [2.24, 2.45) is 23.7 Å². The van der Waals surface area contributed by atoms with E-state index < -0.39 is 53.8 Å². The molecule has 0 aromatic carbocycles. The van der Waals surface area contributed by atoms with Crippen LogP contribution in [0.5, 0.6) is 0 Å². The van der Waals surface area contributed by atoms with E-state index in [-0.39, 0.29) is 36.5 Å². The van der Waals surface area contributed by atoms with Gasteiger partial charge in [-0.05, 0) is 30.1 Å². The first kappa shape index (κ1) is 32.9. The van der Waals surface area contributed by atoms with Crippen LogP contribution in [0.25, 0.3) is 0 Å². The maximum Gasteiger partial charge on any atom is 0.351 e. The van der Waals surface area contributed by atoms with Gasteiger partial charge in [-0.15, -0.1) is 0 Å². The van der Waals surface area contributed by atoms with Crippen molar-refractivity contribution in [3.63, 3.8) is 0 Å². The van der Waals surface area contributed by atoms with Crippen LogP contribution in [0, 0.1) is 23.7 Å². The monoisotopic (exact) mass is 506 g/mol. The molecule has 35 heavy (non-hydrogen) atoms. The van der Waals surface area contributed by atoms with Crippen molar-refractivity contribution in [1.82, 2.24) is 21.3 Å². The van der Waals surface area contributed by atoms with Gasteiger partial charge in [-0.1, -0.05) is 55.4 Å². The van der Waals surface area contributed by atoms with E-state index in [9.17, 15) is 33.1 Å². The van der Waals surface area contributed by atoms with Gasteiger partial charge in [0.25, 0.3) is 5.91 Å². The summed E-state index contributed by atoms with van der Waals surface area (Å²) in [4.78, 5) is 49.7. The maximum absolute atomic E-state index is 14.5. The topological polar surface area (TPSA) is 137 Å². The Morgan fingerprint density at radius 2 is 1.31 bits per heavy atom. The Balaban J connectivity index is 5.72. The van der Waals surface area contributed by atoms with Crippen molar-refractivity contribution in [3.8, 4) is 0 Å². The Hall–Kier alpha value is -2.14. The van der Waals surface area contributed by atoms with Gasteiger partial charge in [0.2, 0.25) is 17.7 Å². The highest BCUT2D eigenvalue weighted by atomic mass is 19.3. The summed E-state index contributed by atoms with van der Waals surface area (Å²) in [6, 6.07) is -3.41. The van der Waals surface area contributed by atoms with E-state index >= 15 is 0 Å². The first-order chi connectivity index (χ1) is 15.9. The molecule has 4 unspecified atom stereocenters. The number of halogens is 2. The Kier molecular flexibility index (Phi) is 13.5. The minimum Gasteiger partial charge on any atom is -0.385 e. The first-order valence-corrected chi connectivity index (χ1v) is 12.1. The van der Waals surface area contributed by atoms with Gasteiger partial charge in [0, 0.05) is 19.5 Å². The summed E-state index contributed by atoms with van der Waals surface area (Å²) < 4.78 is 29.0. The van der Waals surface area contributed by atoms with E-state index in [2.05, 4.69) is 16.0 Å². The largest absolute Gasteiger partial charge is 0.385 e. The Morgan fingerprint density at radius 3 is 1.71 bits per heavy atom. The average molecular weight is 507 g/mol. The fourth-order valence-electron chi connectivity index (χ4n) is 3.57. The van der Waals surface area contributed by atoms with Gasteiger partial charge in [-0.25, -0.2) is 0 Å². The molecule has 0 aliphatic heterocycles. The molecule has 0 radical (unpaired) electrons. The molecule has 9 nitrogen and oxygen atoms in total. The van der Waals surface area contributed by atoms with Crippen LogP contribution in [0.15, 0.2) is 0 Å². The van der Waals surface area contributed by atoms with Crippen molar-refractivity contribution >= 4 is 23.6 Å². The third kappa shape index (κ3) is 10.6. The van der Waals surface area contributed by atoms with Crippen molar-refractivity contribution in [3.05, 3.63) is 0 Å². The fourth-order valence-corrected chi connectivity index (χ4v) is 3.57. The van der Waals surface area contributed by atoms with Gasteiger partial charge in [-0.3, -0.25) is 29.8 Å². The number of nitrogens with one attached hydrogen (secondary N) is 4. The van der Waals surface area contributed by atoms with Gasteiger partial charge in [0.15, 0.2) is 0 Å². The zero-order valence-electron chi connectivity index (χ0n) is 22.4. The molecule has 0 spiro atoms. The van der Waals surface area contributed by atoms with Crippen LogP contribution >= 0.6 is 0 Å². The molecule has 4 amide bonds. The molecule has 0 aromatic rings. The zero-order chi connectivity index (χ0) is 27.7. The summed E-state index contributed by atoms with van der Waals surface area (Å²) in [6.45, 7) is 14.0. The molecule has 204 valence electrons. The van der Waals surface area contributed by atoms with Crippen LogP contribution in [-0.2, 0) is 19.2 Å². The number of hydrogen-bond donors (Lipinski definition) is 5. The van der Waals surface area contributed by atoms with Gasteiger partial charge in [0.1, 0.15) is 12.1 Å². The number of rotatable bonds is 14. The van der Waals surface area contributed by atoms with E-state index in [0.29, 0.717) is 0 Å². The number of carbonyl (C=O) groups excluding carboxylic acids is 4. The van der Waals surface area contributed by atoms with E-state index in [1.165, 1.54) is 0 Å². The average Bonchev–Trinajstić information content (AvgIpc) is 2.71. The lowest BCUT2D eigenvalue weighted by Crippen LogP contribution is -2.62. The number of aliphatic hydroxyl groups excluding tert-OH is 1. The van der Waals surface area contributed by atoms with Crippen molar-refractivity contribution in [2.75, 3.05) is 7.05 Å². The molecule has 4 atom stereocenters. The minimum atomic E-state index is -4.10. The van der Waals surface area contributed by atoms with E-state index in [1.54, 1.807) is 41.5 Å². The summed E-state index contributed by atoms with van der Waals surface area (Å²) in [6.07, 6.45) is -2.15. The lowest BCUT2D eigenvalue weighted by atomic mass is 9.92. The fraction of sp³-hybridized carbons (Fsp3) is 0.833. The molecule has 0 saturated heterocycles. The molecule has 0 aliphatic rings. The molecule has 5 N–H and O–H groups in total. The summed E-state index contributed by atoms with van der Waals surface area (Å²) in [5.74, 6) is -8.39. The first-order valence-electron chi connectivity index (χ1n) is 12.1. The molecule has 0 fully saturated rings. The van der Waals surface area contributed by atoms with Crippen LogP contribution in [-0.4, -0.2) is 65.9 Å². The van der Waals surface area contributed by atoms with Crippen LogP contribution in [0.2, 0.25) is 0 Å². The predicted octanol–water partition coefficient (Wildman–Crippen LogP) is 1.59.